The summed E-state index contributed by atoms with van der Waals surface area (Å²) in [5, 5.41) is 23.1. The molecule has 2 atom stereocenters. The summed E-state index contributed by atoms with van der Waals surface area (Å²) in [5.74, 6) is -2.33. The minimum absolute atomic E-state index is 0.00626. The van der Waals surface area contributed by atoms with Crippen LogP contribution < -0.4 is 26.6 Å². The third-order valence-corrected chi connectivity index (χ3v) is 9.76. The molecule has 0 aliphatic rings. The number of unbranched alkanes of at least 4 members (excludes halogenated alkanes) is 13. The molecule has 0 aromatic heterocycles. The molecular formula is C40H74IN5O11. The highest BCUT2D eigenvalue weighted by Crippen LogP contribution is 2.13. The number of likely N-dealkylation sites (N-methyl/N-ethyl adjacent to an activating group) is 1. The molecule has 16 nitrogen and oxygen atoms in total. The zero-order chi connectivity index (χ0) is 42.2. The second kappa shape index (κ2) is 40.3. The van der Waals surface area contributed by atoms with E-state index in [2.05, 4.69) is 33.5 Å². The summed E-state index contributed by atoms with van der Waals surface area (Å²) in [7, 11) is 1.75. The van der Waals surface area contributed by atoms with Crippen LogP contribution in [0.4, 0.5) is 0 Å². The molecule has 0 aliphatic heterocycles. The molecule has 0 spiro atoms. The molecule has 0 saturated carbocycles. The van der Waals surface area contributed by atoms with E-state index in [0.717, 1.165) is 44.9 Å². The highest BCUT2D eigenvalue weighted by atomic mass is 127. The average Bonchev–Trinajstić information content (AvgIpc) is 3.18. The largest absolute Gasteiger partial charge is 0.480 e. The number of nitrogens with one attached hydrogen (secondary N) is 5. The van der Waals surface area contributed by atoms with Crippen LogP contribution in [-0.4, -0.2) is 130 Å². The molecule has 0 saturated heterocycles. The summed E-state index contributed by atoms with van der Waals surface area (Å²) in [6, 6.07) is -1.28. The van der Waals surface area contributed by atoms with Gasteiger partial charge in [-0.2, -0.15) is 0 Å². The number of rotatable bonds is 42. The molecule has 0 heterocycles. The number of hydrogen-bond donors (Lipinski definition) is 6. The van der Waals surface area contributed by atoms with Crippen molar-refractivity contribution in [3.63, 3.8) is 0 Å². The molecule has 0 rings (SSSR count). The Balaban J connectivity index is 3.66. The summed E-state index contributed by atoms with van der Waals surface area (Å²) < 4.78 is 21.4. The van der Waals surface area contributed by atoms with Gasteiger partial charge in [0.15, 0.2) is 0 Å². The van der Waals surface area contributed by atoms with Crippen molar-refractivity contribution in [2.45, 2.75) is 141 Å². The zero-order valence-electron chi connectivity index (χ0n) is 34.8. The van der Waals surface area contributed by atoms with Gasteiger partial charge in [0, 0.05) is 55.1 Å². The van der Waals surface area contributed by atoms with Gasteiger partial charge in [0.25, 0.3) is 0 Å². The standard InChI is InChI=1S/C40H74IN5O11/c1-3-4-5-6-7-8-9-10-11-12-13-14-15-19-36(48)46-34(40(52)53)20-21-35(47)44-23-25-54-27-30-57-32-38(50)45-24-26-55-28-29-56-31-37(49)43-22-17-16-18-33(42-2)39(41)51/h33-34,42H,3-32H2,1-2H3,(H,43,49)(H,44,47)(H,45,50)(H,46,48)(H,52,53)/t33-,34-/m0/s1. The Bertz CT molecular complexity index is 1070. The van der Waals surface area contributed by atoms with Crippen molar-refractivity contribution in [3.8, 4) is 0 Å². The van der Waals surface area contributed by atoms with Crippen molar-refractivity contribution in [2.75, 3.05) is 79.5 Å². The first-order valence-corrected chi connectivity index (χ1v) is 22.2. The van der Waals surface area contributed by atoms with Gasteiger partial charge in [-0.25, -0.2) is 4.79 Å². The van der Waals surface area contributed by atoms with Gasteiger partial charge in [-0.05, 0) is 39.2 Å². The molecule has 332 valence electrons. The molecule has 0 fully saturated rings. The SMILES string of the molecule is CCCCCCCCCCCCCCCC(=O)N[C@@H](CCC(=O)NCCOCCOCC(=O)NCCOCCOCC(=O)NCCCC[C@H](NC)C(=O)I)C(=O)O. The number of carboxylic acid groups (broad SMARTS) is 1. The summed E-state index contributed by atoms with van der Waals surface area (Å²) >= 11 is 1.78. The fraction of sp³-hybridized carbons (Fsp3) is 0.850. The van der Waals surface area contributed by atoms with Crippen LogP contribution in [0.25, 0.3) is 0 Å². The summed E-state index contributed by atoms with van der Waals surface area (Å²) in [6.07, 6.45) is 18.2. The normalized spacial score (nSPS) is 12.1. The van der Waals surface area contributed by atoms with E-state index in [1.54, 1.807) is 29.6 Å². The molecule has 0 bridgehead atoms. The van der Waals surface area contributed by atoms with Crippen LogP contribution in [0.15, 0.2) is 0 Å². The van der Waals surface area contributed by atoms with E-state index >= 15 is 0 Å². The monoisotopic (exact) mass is 927 g/mol. The van der Waals surface area contributed by atoms with Crippen molar-refractivity contribution >= 4 is 56.0 Å². The van der Waals surface area contributed by atoms with E-state index < -0.39 is 12.0 Å². The predicted octanol–water partition coefficient (Wildman–Crippen LogP) is 3.95. The van der Waals surface area contributed by atoms with Gasteiger partial charge in [-0.3, -0.25) is 24.0 Å². The molecule has 6 N–H and O–H groups in total. The molecule has 4 amide bonds. The summed E-state index contributed by atoms with van der Waals surface area (Å²) in [6.45, 7) is 4.44. The van der Waals surface area contributed by atoms with Crippen molar-refractivity contribution in [3.05, 3.63) is 0 Å². The van der Waals surface area contributed by atoms with Crippen LogP contribution in [0, 0.1) is 0 Å². The number of carbonyl (C=O) groups excluding carboxylic acids is 5. The Morgan fingerprint density at radius 3 is 1.47 bits per heavy atom. The second-order valence-corrected chi connectivity index (χ2v) is 15.1. The van der Waals surface area contributed by atoms with Crippen LogP contribution in [0.3, 0.4) is 0 Å². The van der Waals surface area contributed by atoms with Crippen molar-refractivity contribution in [1.29, 1.82) is 0 Å². The van der Waals surface area contributed by atoms with Gasteiger partial charge in [-0.1, -0.05) is 84.0 Å². The first-order chi connectivity index (χ1) is 27.6. The molecule has 0 aromatic rings. The zero-order valence-corrected chi connectivity index (χ0v) is 36.9. The summed E-state index contributed by atoms with van der Waals surface area (Å²) in [4.78, 5) is 71.2. The number of carboxylic acids is 1. The fourth-order valence-electron chi connectivity index (χ4n) is 5.66. The number of aliphatic carboxylic acids is 1. The smallest absolute Gasteiger partial charge is 0.326 e. The minimum Gasteiger partial charge on any atom is -0.480 e. The number of carbonyl (C=O) groups is 6. The van der Waals surface area contributed by atoms with Crippen LogP contribution in [0.5, 0.6) is 0 Å². The topological polar surface area (TPSA) is 220 Å². The van der Waals surface area contributed by atoms with Gasteiger partial charge in [0.1, 0.15) is 19.3 Å². The van der Waals surface area contributed by atoms with Gasteiger partial charge in [0.05, 0.1) is 45.7 Å². The molecular weight excluding hydrogens is 853 g/mol. The van der Waals surface area contributed by atoms with Crippen molar-refractivity contribution < 1.29 is 52.8 Å². The highest BCUT2D eigenvalue weighted by molar-refractivity contribution is 14.1. The van der Waals surface area contributed by atoms with Gasteiger partial charge >= 0.3 is 5.97 Å². The molecule has 0 unspecified atom stereocenters. The number of halogens is 1. The van der Waals surface area contributed by atoms with Crippen LogP contribution in [0.1, 0.15) is 129 Å². The maximum atomic E-state index is 12.3. The van der Waals surface area contributed by atoms with E-state index in [4.69, 9.17) is 18.9 Å². The van der Waals surface area contributed by atoms with Gasteiger partial charge in [-0.15, -0.1) is 0 Å². The van der Waals surface area contributed by atoms with Crippen LogP contribution in [-0.2, 0) is 47.7 Å². The number of amides is 4. The Hall–Kier alpha value is -2.45. The van der Waals surface area contributed by atoms with E-state index in [0.29, 0.717) is 6.54 Å². The lowest BCUT2D eigenvalue weighted by atomic mass is 10.0. The maximum Gasteiger partial charge on any atom is 0.326 e. The molecule has 17 heteroatoms. The third-order valence-electron chi connectivity index (χ3n) is 9.01. The first-order valence-electron chi connectivity index (χ1n) is 21.1. The van der Waals surface area contributed by atoms with Crippen LogP contribution >= 0.6 is 22.6 Å². The van der Waals surface area contributed by atoms with Gasteiger partial charge < -0.3 is 50.6 Å². The van der Waals surface area contributed by atoms with Crippen LogP contribution in [0.2, 0.25) is 0 Å². The Morgan fingerprint density at radius 2 is 0.982 bits per heavy atom. The quantitative estimate of drug-likeness (QED) is 0.0291. The third kappa shape index (κ3) is 37.6. The highest BCUT2D eigenvalue weighted by Gasteiger charge is 2.21. The van der Waals surface area contributed by atoms with E-state index in [9.17, 15) is 33.9 Å². The first kappa shape index (κ1) is 54.6. The maximum absolute atomic E-state index is 12.3. The predicted molar refractivity (Wildman–Crippen MR) is 227 cm³/mol. The summed E-state index contributed by atoms with van der Waals surface area (Å²) in [5.41, 5.74) is 0. The Morgan fingerprint density at radius 1 is 0.509 bits per heavy atom. The Kier molecular flexibility index (Phi) is 38.6. The number of hydrogen-bond acceptors (Lipinski definition) is 11. The second-order valence-electron chi connectivity index (χ2n) is 14.0. The lowest BCUT2D eigenvalue weighted by Gasteiger charge is -2.14. The molecule has 57 heavy (non-hydrogen) atoms. The van der Waals surface area contributed by atoms with E-state index in [-0.39, 0.29) is 119 Å². The van der Waals surface area contributed by atoms with Crippen molar-refractivity contribution in [2.24, 2.45) is 0 Å². The van der Waals surface area contributed by atoms with E-state index in [1.165, 1.54) is 57.8 Å². The number of ether oxygens (including phenoxy) is 4. The van der Waals surface area contributed by atoms with Crippen molar-refractivity contribution in [1.82, 2.24) is 26.6 Å². The lowest BCUT2D eigenvalue weighted by molar-refractivity contribution is -0.142. The molecule has 0 aliphatic carbocycles. The minimum atomic E-state index is -1.16. The molecule has 0 radical (unpaired) electrons. The van der Waals surface area contributed by atoms with E-state index in [1.807, 2.05) is 0 Å². The fourth-order valence-corrected chi connectivity index (χ4v) is 6.28. The average molecular weight is 928 g/mol. The lowest BCUT2D eigenvalue weighted by Crippen LogP contribution is -2.41. The molecule has 0 aromatic carbocycles. The van der Waals surface area contributed by atoms with Gasteiger partial charge in [0.2, 0.25) is 27.4 Å². The Labute approximate surface area is 354 Å².